The van der Waals surface area contributed by atoms with Crippen LogP contribution < -0.4 is 5.48 Å². The van der Waals surface area contributed by atoms with Crippen molar-refractivity contribution in [2.75, 3.05) is 31.7 Å². The third kappa shape index (κ3) is 3.83. The first-order valence-electron chi connectivity index (χ1n) is 6.10. The molecule has 0 radical (unpaired) electrons. The summed E-state index contributed by atoms with van der Waals surface area (Å²) in [4.78, 5) is 7.91. The average molecular weight is 220 g/mol. The van der Waals surface area contributed by atoms with Crippen LogP contribution in [0.15, 0.2) is 30.3 Å². The highest BCUT2D eigenvalue weighted by Gasteiger charge is 2.09. The fraction of sp³-hybridized carbons (Fsp3) is 0.538. The second-order valence-electron chi connectivity index (χ2n) is 4.22. The van der Waals surface area contributed by atoms with E-state index in [0.29, 0.717) is 0 Å². The number of nitrogens with one attached hydrogen (secondary N) is 1. The number of rotatable bonds is 6. The molecule has 3 nitrogen and oxygen atoms in total. The molecule has 1 aliphatic rings. The Kier molecular flexibility index (Phi) is 4.65. The molecule has 1 aromatic rings. The van der Waals surface area contributed by atoms with Crippen molar-refractivity contribution in [3.05, 3.63) is 30.3 Å². The highest BCUT2D eigenvalue weighted by molar-refractivity contribution is 5.39. The van der Waals surface area contributed by atoms with Gasteiger partial charge in [-0.15, -0.1) is 0 Å². The van der Waals surface area contributed by atoms with Crippen LogP contribution in [-0.4, -0.2) is 31.1 Å². The number of hydrogen-bond acceptors (Lipinski definition) is 3. The monoisotopic (exact) mass is 220 g/mol. The van der Waals surface area contributed by atoms with E-state index in [4.69, 9.17) is 4.84 Å². The maximum atomic E-state index is 5.40. The maximum Gasteiger partial charge on any atom is 0.0758 e. The van der Waals surface area contributed by atoms with Gasteiger partial charge in [-0.25, -0.2) is 0 Å². The van der Waals surface area contributed by atoms with Crippen LogP contribution in [0.4, 0.5) is 5.69 Å². The Morgan fingerprint density at radius 3 is 2.62 bits per heavy atom. The summed E-state index contributed by atoms with van der Waals surface area (Å²) in [6, 6.07) is 9.99. The molecular formula is C13H20N2O. The molecule has 1 N–H and O–H groups in total. The van der Waals surface area contributed by atoms with Gasteiger partial charge in [-0.05, 0) is 44.5 Å². The molecule has 1 aromatic carbocycles. The molecule has 0 amide bonds. The minimum atomic E-state index is 0.769. The van der Waals surface area contributed by atoms with Crippen molar-refractivity contribution in [1.29, 1.82) is 0 Å². The molecule has 0 aromatic heterocycles. The summed E-state index contributed by atoms with van der Waals surface area (Å²) < 4.78 is 0. The first-order chi connectivity index (χ1) is 7.95. The van der Waals surface area contributed by atoms with E-state index in [1.165, 1.54) is 25.9 Å². The number of likely N-dealkylation sites (tertiary alicyclic amines) is 1. The van der Waals surface area contributed by atoms with Crippen molar-refractivity contribution in [1.82, 2.24) is 4.90 Å². The lowest BCUT2D eigenvalue weighted by molar-refractivity contribution is 0.175. The van der Waals surface area contributed by atoms with Crippen molar-refractivity contribution in [3.8, 4) is 0 Å². The Balaban J connectivity index is 1.52. The Labute approximate surface area is 97.4 Å². The third-order valence-corrected chi connectivity index (χ3v) is 2.88. The van der Waals surface area contributed by atoms with Gasteiger partial charge in [0.15, 0.2) is 0 Å². The summed E-state index contributed by atoms with van der Waals surface area (Å²) in [5.41, 5.74) is 3.97. The molecule has 0 spiro atoms. The smallest absolute Gasteiger partial charge is 0.0758 e. The number of hydrogen-bond donors (Lipinski definition) is 1. The van der Waals surface area contributed by atoms with Gasteiger partial charge in [0.1, 0.15) is 0 Å². The van der Waals surface area contributed by atoms with Crippen LogP contribution in [0.5, 0.6) is 0 Å². The molecule has 88 valence electrons. The minimum Gasteiger partial charge on any atom is -0.303 e. The average Bonchev–Trinajstić information content (AvgIpc) is 2.83. The molecule has 1 heterocycles. The van der Waals surface area contributed by atoms with Gasteiger partial charge >= 0.3 is 0 Å². The molecule has 0 saturated carbocycles. The van der Waals surface area contributed by atoms with Gasteiger partial charge in [0, 0.05) is 6.54 Å². The van der Waals surface area contributed by atoms with Crippen LogP contribution in [0.25, 0.3) is 0 Å². The van der Waals surface area contributed by atoms with E-state index >= 15 is 0 Å². The first kappa shape index (κ1) is 11.4. The summed E-state index contributed by atoms with van der Waals surface area (Å²) in [5, 5.41) is 0. The van der Waals surface area contributed by atoms with Crippen LogP contribution in [0.3, 0.4) is 0 Å². The predicted molar refractivity (Wildman–Crippen MR) is 66.3 cm³/mol. The van der Waals surface area contributed by atoms with E-state index in [0.717, 1.165) is 25.3 Å². The zero-order valence-electron chi connectivity index (χ0n) is 9.69. The lowest BCUT2D eigenvalue weighted by Crippen LogP contribution is -2.21. The van der Waals surface area contributed by atoms with Gasteiger partial charge in [0.05, 0.1) is 12.3 Å². The minimum absolute atomic E-state index is 0.769. The molecule has 0 bridgehead atoms. The molecule has 0 atom stereocenters. The zero-order chi connectivity index (χ0) is 11.1. The van der Waals surface area contributed by atoms with Gasteiger partial charge in [0.2, 0.25) is 0 Å². The Morgan fingerprint density at radius 1 is 1.12 bits per heavy atom. The van der Waals surface area contributed by atoms with Crippen molar-refractivity contribution in [2.45, 2.75) is 19.3 Å². The van der Waals surface area contributed by atoms with Gasteiger partial charge < -0.3 is 4.90 Å². The third-order valence-electron chi connectivity index (χ3n) is 2.88. The number of nitrogens with zero attached hydrogens (tertiary/aromatic N) is 1. The quantitative estimate of drug-likeness (QED) is 0.589. The standard InChI is InChI=1S/C13H20N2O/c1-2-7-13(8-3-1)14-16-12-6-11-15-9-4-5-10-15/h1-3,7-8,14H,4-6,9-12H2. The first-order valence-corrected chi connectivity index (χ1v) is 6.10. The van der Waals surface area contributed by atoms with E-state index in [1.807, 2.05) is 30.3 Å². The Morgan fingerprint density at radius 2 is 1.88 bits per heavy atom. The van der Waals surface area contributed by atoms with Gasteiger partial charge in [0.25, 0.3) is 0 Å². The van der Waals surface area contributed by atoms with E-state index in [-0.39, 0.29) is 0 Å². The van der Waals surface area contributed by atoms with E-state index in [1.54, 1.807) is 0 Å². The lowest BCUT2D eigenvalue weighted by atomic mass is 10.3. The largest absolute Gasteiger partial charge is 0.303 e. The molecule has 1 aliphatic heterocycles. The van der Waals surface area contributed by atoms with Crippen molar-refractivity contribution in [3.63, 3.8) is 0 Å². The van der Waals surface area contributed by atoms with E-state index < -0.39 is 0 Å². The second-order valence-corrected chi connectivity index (χ2v) is 4.22. The lowest BCUT2D eigenvalue weighted by Gasteiger charge is -2.14. The summed E-state index contributed by atoms with van der Waals surface area (Å²) >= 11 is 0. The maximum absolute atomic E-state index is 5.40. The predicted octanol–water partition coefficient (Wildman–Crippen LogP) is 2.52. The number of anilines is 1. The fourth-order valence-electron chi connectivity index (χ4n) is 2.01. The van der Waals surface area contributed by atoms with E-state index in [2.05, 4.69) is 10.4 Å². The Bertz CT molecular complexity index is 283. The summed E-state index contributed by atoms with van der Waals surface area (Å²) in [7, 11) is 0. The molecule has 1 fully saturated rings. The van der Waals surface area contributed by atoms with Crippen LogP contribution in [0.1, 0.15) is 19.3 Å². The summed E-state index contributed by atoms with van der Waals surface area (Å²) in [5.74, 6) is 0. The molecule has 0 aliphatic carbocycles. The topological polar surface area (TPSA) is 24.5 Å². The van der Waals surface area contributed by atoms with Crippen LogP contribution >= 0.6 is 0 Å². The molecular weight excluding hydrogens is 200 g/mol. The van der Waals surface area contributed by atoms with E-state index in [9.17, 15) is 0 Å². The molecule has 2 rings (SSSR count). The highest BCUT2D eigenvalue weighted by Crippen LogP contribution is 2.08. The summed E-state index contributed by atoms with van der Waals surface area (Å²) in [6.07, 6.45) is 3.83. The van der Waals surface area contributed by atoms with Gasteiger partial charge in [-0.1, -0.05) is 18.2 Å². The molecule has 0 unspecified atom stereocenters. The fourth-order valence-corrected chi connectivity index (χ4v) is 2.01. The Hall–Kier alpha value is -1.06. The van der Waals surface area contributed by atoms with Crippen LogP contribution in [0.2, 0.25) is 0 Å². The second kappa shape index (κ2) is 6.51. The SMILES string of the molecule is c1ccc(NOCCCN2CCCC2)cc1. The van der Waals surface area contributed by atoms with Gasteiger partial charge in [-0.3, -0.25) is 10.3 Å². The molecule has 16 heavy (non-hydrogen) atoms. The van der Waals surface area contributed by atoms with Crippen LogP contribution in [-0.2, 0) is 4.84 Å². The summed E-state index contributed by atoms with van der Waals surface area (Å²) in [6.45, 7) is 4.47. The van der Waals surface area contributed by atoms with Crippen molar-refractivity contribution in [2.24, 2.45) is 0 Å². The normalized spacial score (nSPS) is 16.5. The number of para-hydroxylation sites is 1. The number of benzene rings is 1. The van der Waals surface area contributed by atoms with Crippen molar-refractivity contribution >= 4 is 5.69 Å². The molecule has 3 heteroatoms. The van der Waals surface area contributed by atoms with Crippen molar-refractivity contribution < 1.29 is 4.84 Å². The molecule has 1 saturated heterocycles. The highest BCUT2D eigenvalue weighted by atomic mass is 16.6. The van der Waals surface area contributed by atoms with Crippen LogP contribution in [0, 0.1) is 0 Å². The van der Waals surface area contributed by atoms with Gasteiger partial charge in [-0.2, -0.15) is 0 Å². The zero-order valence-corrected chi connectivity index (χ0v) is 9.69.